The molecule has 0 fully saturated rings. The fourth-order valence-corrected chi connectivity index (χ4v) is 3.01. The molecule has 27 heavy (non-hydrogen) atoms. The highest BCUT2D eigenvalue weighted by atomic mass is 16.5. The van der Waals surface area contributed by atoms with E-state index in [1.54, 1.807) is 14.2 Å². The lowest BCUT2D eigenvalue weighted by molar-refractivity contribution is 0.356. The monoisotopic (exact) mass is 372 g/mol. The zero-order valence-corrected chi connectivity index (χ0v) is 16.9. The molecule has 8 heteroatoms. The summed E-state index contributed by atoms with van der Waals surface area (Å²) >= 11 is 0. The van der Waals surface area contributed by atoms with Crippen molar-refractivity contribution in [3.05, 3.63) is 12.1 Å². The maximum absolute atomic E-state index is 5.46. The highest BCUT2D eigenvalue weighted by Gasteiger charge is 2.17. The van der Waals surface area contributed by atoms with Gasteiger partial charge in [-0.15, -0.1) is 0 Å². The van der Waals surface area contributed by atoms with Crippen LogP contribution in [0, 0.1) is 0 Å². The number of aromatic nitrogens is 3. The second-order valence-electron chi connectivity index (χ2n) is 6.95. The Bertz CT molecular complexity index is 935. The van der Waals surface area contributed by atoms with E-state index in [-0.39, 0.29) is 0 Å². The summed E-state index contributed by atoms with van der Waals surface area (Å²) in [6, 6.07) is 3.89. The van der Waals surface area contributed by atoms with Crippen molar-refractivity contribution in [3.8, 4) is 11.5 Å². The molecule has 3 aromatic rings. The molecule has 0 aliphatic rings. The second kappa shape index (κ2) is 7.87. The van der Waals surface area contributed by atoms with Crippen LogP contribution in [0.25, 0.3) is 21.9 Å². The molecule has 3 rings (SSSR count). The molecule has 0 bridgehead atoms. The molecule has 0 amide bonds. The number of benzene rings is 1. The fraction of sp³-hybridized carbons (Fsp3) is 0.474. The Morgan fingerprint density at radius 3 is 2.37 bits per heavy atom. The SMILES string of the molecule is COc1cc2[nH]c3c(NCCCN(C)C)nc(N(C)C)nc3c2cc1OC. The van der Waals surface area contributed by atoms with Crippen molar-refractivity contribution in [2.45, 2.75) is 6.42 Å². The Morgan fingerprint density at radius 1 is 1.04 bits per heavy atom. The molecule has 0 aliphatic carbocycles. The number of nitrogens with one attached hydrogen (secondary N) is 2. The first-order valence-electron chi connectivity index (χ1n) is 8.96. The number of hydrogen-bond donors (Lipinski definition) is 2. The van der Waals surface area contributed by atoms with Gasteiger partial charge in [-0.2, -0.15) is 4.98 Å². The third-order valence-corrected chi connectivity index (χ3v) is 4.41. The van der Waals surface area contributed by atoms with Crippen LogP contribution in [0.3, 0.4) is 0 Å². The minimum atomic E-state index is 0.660. The number of anilines is 2. The van der Waals surface area contributed by atoms with Crippen molar-refractivity contribution in [1.82, 2.24) is 19.9 Å². The first-order chi connectivity index (χ1) is 12.9. The van der Waals surface area contributed by atoms with Gasteiger partial charge in [0.05, 0.1) is 19.7 Å². The van der Waals surface area contributed by atoms with Crippen LogP contribution in [0.2, 0.25) is 0 Å². The molecule has 0 radical (unpaired) electrons. The zero-order valence-electron chi connectivity index (χ0n) is 16.9. The predicted octanol–water partition coefficient (Wildman–Crippen LogP) is 2.56. The lowest BCUT2D eigenvalue weighted by Gasteiger charge is -2.14. The maximum atomic E-state index is 5.46. The number of hydrogen-bond acceptors (Lipinski definition) is 7. The van der Waals surface area contributed by atoms with Crippen molar-refractivity contribution >= 4 is 33.7 Å². The molecule has 2 aromatic heterocycles. The number of fused-ring (bicyclic) bond motifs is 3. The van der Waals surface area contributed by atoms with E-state index >= 15 is 0 Å². The van der Waals surface area contributed by atoms with E-state index in [4.69, 9.17) is 19.4 Å². The molecule has 8 nitrogen and oxygen atoms in total. The summed E-state index contributed by atoms with van der Waals surface area (Å²) in [6.45, 7) is 1.85. The van der Waals surface area contributed by atoms with Crippen molar-refractivity contribution in [1.29, 1.82) is 0 Å². The molecule has 0 saturated carbocycles. The second-order valence-corrected chi connectivity index (χ2v) is 6.95. The Labute approximate surface area is 159 Å². The van der Waals surface area contributed by atoms with Gasteiger partial charge in [0, 0.05) is 32.1 Å². The number of H-pyrrole nitrogens is 1. The molecule has 0 saturated heterocycles. The van der Waals surface area contributed by atoms with Gasteiger partial charge < -0.3 is 29.6 Å². The lowest BCUT2D eigenvalue weighted by Crippen LogP contribution is -2.18. The molecular weight excluding hydrogens is 344 g/mol. The molecular formula is C19H28N6O2. The predicted molar refractivity (Wildman–Crippen MR) is 110 cm³/mol. The Kier molecular flexibility index (Phi) is 5.55. The van der Waals surface area contributed by atoms with E-state index in [2.05, 4.69) is 29.3 Å². The number of aromatic amines is 1. The summed E-state index contributed by atoms with van der Waals surface area (Å²) in [5.74, 6) is 2.82. The van der Waals surface area contributed by atoms with Gasteiger partial charge in [0.1, 0.15) is 11.0 Å². The van der Waals surface area contributed by atoms with Crippen molar-refractivity contribution in [3.63, 3.8) is 0 Å². The van der Waals surface area contributed by atoms with Gasteiger partial charge in [-0.25, -0.2) is 4.98 Å². The van der Waals surface area contributed by atoms with E-state index < -0.39 is 0 Å². The Morgan fingerprint density at radius 2 is 1.74 bits per heavy atom. The van der Waals surface area contributed by atoms with Crippen LogP contribution < -0.4 is 19.7 Å². The summed E-state index contributed by atoms with van der Waals surface area (Å²) in [6.07, 6.45) is 1.03. The normalized spacial score (nSPS) is 11.4. The summed E-state index contributed by atoms with van der Waals surface area (Å²) < 4.78 is 10.9. The van der Waals surface area contributed by atoms with Crippen LogP contribution in [0.1, 0.15) is 6.42 Å². The molecule has 1 aromatic carbocycles. The number of nitrogens with zero attached hydrogens (tertiary/aromatic N) is 4. The first kappa shape index (κ1) is 19.0. The quantitative estimate of drug-likeness (QED) is 0.588. The minimum Gasteiger partial charge on any atom is -0.493 e. The summed E-state index contributed by atoms with van der Waals surface area (Å²) in [7, 11) is 11.3. The number of ether oxygens (including phenoxy) is 2. The standard InChI is InChI=1S/C19H28N6O2/c1-24(2)9-7-8-20-18-17-16(22-19(23-18)25(3)4)12-10-14(26-5)15(27-6)11-13(12)21-17/h10-11,21H,7-9H2,1-6H3,(H,20,22,23). The van der Waals surface area contributed by atoms with Crippen LogP contribution in [0.4, 0.5) is 11.8 Å². The van der Waals surface area contributed by atoms with E-state index in [0.717, 1.165) is 47.3 Å². The van der Waals surface area contributed by atoms with Gasteiger partial charge in [-0.1, -0.05) is 0 Å². The number of rotatable bonds is 8. The van der Waals surface area contributed by atoms with Crippen LogP contribution in [-0.2, 0) is 0 Å². The highest BCUT2D eigenvalue weighted by Crippen LogP contribution is 2.37. The van der Waals surface area contributed by atoms with Crippen molar-refractivity contribution in [2.24, 2.45) is 0 Å². The largest absolute Gasteiger partial charge is 0.493 e. The molecule has 0 unspecified atom stereocenters. The molecule has 2 N–H and O–H groups in total. The summed E-state index contributed by atoms with van der Waals surface area (Å²) in [5.41, 5.74) is 2.68. The van der Waals surface area contributed by atoms with Gasteiger partial charge in [0.2, 0.25) is 5.95 Å². The first-order valence-corrected chi connectivity index (χ1v) is 8.96. The Balaban J connectivity index is 2.10. The smallest absolute Gasteiger partial charge is 0.227 e. The van der Waals surface area contributed by atoms with Gasteiger partial charge in [-0.3, -0.25) is 0 Å². The third kappa shape index (κ3) is 3.85. The third-order valence-electron chi connectivity index (χ3n) is 4.41. The molecule has 0 aliphatic heterocycles. The molecule has 0 spiro atoms. The molecule has 146 valence electrons. The highest BCUT2D eigenvalue weighted by molar-refractivity contribution is 6.09. The van der Waals surface area contributed by atoms with Crippen LogP contribution in [0.5, 0.6) is 11.5 Å². The Hall–Kier alpha value is -2.74. The van der Waals surface area contributed by atoms with Gasteiger partial charge in [0.15, 0.2) is 17.3 Å². The van der Waals surface area contributed by atoms with Crippen LogP contribution >= 0.6 is 0 Å². The average molecular weight is 372 g/mol. The van der Waals surface area contributed by atoms with E-state index in [9.17, 15) is 0 Å². The topological polar surface area (TPSA) is 78.5 Å². The summed E-state index contributed by atoms with van der Waals surface area (Å²) in [4.78, 5) is 17.0. The molecule has 2 heterocycles. The lowest BCUT2D eigenvalue weighted by atomic mass is 10.2. The van der Waals surface area contributed by atoms with Gasteiger partial charge in [0.25, 0.3) is 0 Å². The van der Waals surface area contributed by atoms with Crippen molar-refractivity contribution < 1.29 is 9.47 Å². The van der Waals surface area contributed by atoms with E-state index in [1.165, 1.54) is 0 Å². The van der Waals surface area contributed by atoms with Crippen LogP contribution in [-0.4, -0.2) is 75.4 Å². The molecule has 0 atom stereocenters. The van der Waals surface area contributed by atoms with Gasteiger partial charge in [-0.05, 0) is 33.1 Å². The zero-order chi connectivity index (χ0) is 19.6. The fourth-order valence-electron chi connectivity index (χ4n) is 3.01. The van der Waals surface area contributed by atoms with E-state index in [0.29, 0.717) is 17.4 Å². The maximum Gasteiger partial charge on any atom is 0.227 e. The minimum absolute atomic E-state index is 0.660. The van der Waals surface area contributed by atoms with Crippen LogP contribution in [0.15, 0.2) is 12.1 Å². The average Bonchev–Trinajstić information content (AvgIpc) is 3.01. The number of methoxy groups -OCH3 is 2. The summed E-state index contributed by atoms with van der Waals surface area (Å²) in [5, 5.41) is 4.43. The van der Waals surface area contributed by atoms with E-state index in [1.807, 2.05) is 31.1 Å². The van der Waals surface area contributed by atoms with Gasteiger partial charge >= 0.3 is 0 Å². The van der Waals surface area contributed by atoms with Crippen molar-refractivity contribution in [2.75, 3.05) is 65.7 Å².